The quantitative estimate of drug-likeness (QED) is 0.775. The number of carbonyl (C=O) groups excluding carboxylic acids is 1. The Morgan fingerprint density at radius 1 is 1.10 bits per heavy atom. The van der Waals surface area contributed by atoms with Gasteiger partial charge in [0.2, 0.25) is 0 Å². The fourth-order valence-electron chi connectivity index (χ4n) is 2.13. The molecule has 1 aliphatic rings. The van der Waals surface area contributed by atoms with Gasteiger partial charge in [-0.1, -0.05) is 18.2 Å². The number of carbonyl (C=O) groups is 1. The van der Waals surface area contributed by atoms with Crippen molar-refractivity contribution < 1.29 is 14.3 Å². The fraction of sp³-hybridized carbons (Fsp3) is 0.235. The molecule has 0 atom stereocenters. The van der Waals surface area contributed by atoms with Crippen molar-refractivity contribution in [1.82, 2.24) is 0 Å². The maximum absolute atomic E-state index is 11.1. The van der Waals surface area contributed by atoms with Crippen LogP contribution in [0, 0.1) is 0 Å². The summed E-state index contributed by atoms with van der Waals surface area (Å²) in [7, 11) is 1.56. The first-order valence-corrected chi connectivity index (χ1v) is 6.70. The molecule has 1 aliphatic carbocycles. The van der Waals surface area contributed by atoms with E-state index >= 15 is 0 Å². The van der Waals surface area contributed by atoms with Crippen LogP contribution >= 0.6 is 0 Å². The standard InChI is InChI=1S/C17H16O3/c1-19-17-8-5-13(9-14(17)11-18)12-3-2-4-16(10-12)20-15-6-7-15/h2-5,8-11,15H,6-7H2,1H3. The Morgan fingerprint density at radius 3 is 2.60 bits per heavy atom. The lowest BCUT2D eigenvalue weighted by atomic mass is 10.0. The van der Waals surface area contributed by atoms with Crippen molar-refractivity contribution in [2.24, 2.45) is 0 Å². The number of hydrogen-bond acceptors (Lipinski definition) is 3. The molecule has 0 amide bonds. The smallest absolute Gasteiger partial charge is 0.153 e. The van der Waals surface area contributed by atoms with Gasteiger partial charge in [0.15, 0.2) is 6.29 Å². The molecule has 2 aromatic rings. The van der Waals surface area contributed by atoms with Gasteiger partial charge in [-0.3, -0.25) is 4.79 Å². The molecule has 20 heavy (non-hydrogen) atoms. The van der Waals surface area contributed by atoms with E-state index in [2.05, 4.69) is 0 Å². The Morgan fingerprint density at radius 2 is 1.90 bits per heavy atom. The van der Waals surface area contributed by atoms with Crippen molar-refractivity contribution in [2.45, 2.75) is 18.9 Å². The minimum atomic E-state index is 0.381. The maximum Gasteiger partial charge on any atom is 0.153 e. The summed E-state index contributed by atoms with van der Waals surface area (Å²) in [5.74, 6) is 1.47. The van der Waals surface area contributed by atoms with Crippen LogP contribution in [-0.4, -0.2) is 19.5 Å². The van der Waals surface area contributed by atoms with E-state index in [9.17, 15) is 4.79 Å². The zero-order chi connectivity index (χ0) is 13.9. The molecular weight excluding hydrogens is 252 g/mol. The van der Waals surface area contributed by atoms with Gasteiger partial charge in [0.05, 0.1) is 18.8 Å². The van der Waals surface area contributed by atoms with Gasteiger partial charge >= 0.3 is 0 Å². The van der Waals surface area contributed by atoms with E-state index in [0.717, 1.165) is 36.0 Å². The molecule has 3 heteroatoms. The molecule has 0 N–H and O–H groups in total. The van der Waals surface area contributed by atoms with Crippen molar-refractivity contribution in [2.75, 3.05) is 7.11 Å². The molecule has 2 aromatic carbocycles. The van der Waals surface area contributed by atoms with E-state index in [4.69, 9.17) is 9.47 Å². The molecule has 0 spiro atoms. The average molecular weight is 268 g/mol. The maximum atomic E-state index is 11.1. The van der Waals surface area contributed by atoms with E-state index in [1.807, 2.05) is 42.5 Å². The SMILES string of the molecule is COc1ccc(-c2cccc(OC3CC3)c2)cc1C=O. The second kappa shape index (κ2) is 5.37. The second-order valence-electron chi connectivity index (χ2n) is 4.92. The Balaban J connectivity index is 1.93. The lowest BCUT2D eigenvalue weighted by Gasteiger charge is -2.09. The minimum Gasteiger partial charge on any atom is -0.496 e. The summed E-state index contributed by atoms with van der Waals surface area (Å²) >= 11 is 0. The van der Waals surface area contributed by atoms with Crippen LogP contribution in [0.3, 0.4) is 0 Å². The van der Waals surface area contributed by atoms with E-state index < -0.39 is 0 Å². The third-order valence-electron chi connectivity index (χ3n) is 3.35. The van der Waals surface area contributed by atoms with Gasteiger partial charge in [-0.25, -0.2) is 0 Å². The van der Waals surface area contributed by atoms with Crippen molar-refractivity contribution in [1.29, 1.82) is 0 Å². The summed E-state index contributed by atoms with van der Waals surface area (Å²) < 4.78 is 11.0. The first kappa shape index (κ1) is 12.7. The van der Waals surface area contributed by atoms with Gasteiger partial charge in [0.1, 0.15) is 11.5 Å². The van der Waals surface area contributed by atoms with Crippen molar-refractivity contribution in [3.8, 4) is 22.6 Å². The number of rotatable bonds is 5. The molecule has 1 saturated carbocycles. The number of hydrogen-bond donors (Lipinski definition) is 0. The van der Waals surface area contributed by atoms with E-state index in [0.29, 0.717) is 17.4 Å². The van der Waals surface area contributed by atoms with Crippen LogP contribution in [0.15, 0.2) is 42.5 Å². The number of aldehydes is 1. The van der Waals surface area contributed by atoms with Gasteiger partial charge in [0.25, 0.3) is 0 Å². The molecule has 0 saturated heterocycles. The third kappa shape index (κ3) is 2.67. The van der Waals surface area contributed by atoms with Crippen LogP contribution in [0.5, 0.6) is 11.5 Å². The second-order valence-corrected chi connectivity index (χ2v) is 4.92. The lowest BCUT2D eigenvalue weighted by molar-refractivity contribution is 0.112. The predicted octanol–water partition coefficient (Wildman–Crippen LogP) is 3.72. The highest BCUT2D eigenvalue weighted by Gasteiger charge is 2.23. The topological polar surface area (TPSA) is 35.5 Å². The molecule has 1 fully saturated rings. The third-order valence-corrected chi connectivity index (χ3v) is 3.35. The van der Waals surface area contributed by atoms with E-state index in [-0.39, 0.29) is 0 Å². The summed E-state index contributed by atoms with van der Waals surface area (Å²) in [5, 5.41) is 0. The van der Waals surface area contributed by atoms with Gasteiger partial charge in [-0.05, 0) is 48.2 Å². The van der Waals surface area contributed by atoms with Crippen LogP contribution in [0.2, 0.25) is 0 Å². The monoisotopic (exact) mass is 268 g/mol. The highest BCUT2D eigenvalue weighted by molar-refractivity contribution is 5.83. The first-order valence-electron chi connectivity index (χ1n) is 6.70. The van der Waals surface area contributed by atoms with E-state index in [1.54, 1.807) is 7.11 Å². The van der Waals surface area contributed by atoms with Crippen LogP contribution in [0.25, 0.3) is 11.1 Å². The van der Waals surface area contributed by atoms with Crippen LogP contribution in [0.1, 0.15) is 23.2 Å². The summed E-state index contributed by atoms with van der Waals surface area (Å²) in [6, 6.07) is 13.5. The zero-order valence-corrected chi connectivity index (χ0v) is 11.3. The van der Waals surface area contributed by atoms with Gasteiger partial charge in [-0.2, -0.15) is 0 Å². The van der Waals surface area contributed by atoms with Crippen LogP contribution in [0.4, 0.5) is 0 Å². The molecule has 0 aromatic heterocycles. The molecule has 0 radical (unpaired) electrons. The molecule has 0 aliphatic heterocycles. The van der Waals surface area contributed by atoms with Gasteiger partial charge < -0.3 is 9.47 Å². The predicted molar refractivity (Wildman–Crippen MR) is 77.5 cm³/mol. The summed E-state index contributed by atoms with van der Waals surface area (Å²) in [4.78, 5) is 11.1. The lowest BCUT2D eigenvalue weighted by Crippen LogP contribution is -1.96. The minimum absolute atomic E-state index is 0.381. The molecule has 3 rings (SSSR count). The van der Waals surface area contributed by atoms with Gasteiger partial charge in [-0.15, -0.1) is 0 Å². The number of methoxy groups -OCH3 is 1. The van der Waals surface area contributed by atoms with Crippen LogP contribution < -0.4 is 9.47 Å². The Kier molecular flexibility index (Phi) is 3.42. The van der Waals surface area contributed by atoms with Crippen molar-refractivity contribution in [3.63, 3.8) is 0 Å². The molecule has 0 heterocycles. The van der Waals surface area contributed by atoms with E-state index in [1.165, 1.54) is 0 Å². The Hall–Kier alpha value is -2.29. The molecular formula is C17H16O3. The molecule has 0 bridgehead atoms. The van der Waals surface area contributed by atoms with Crippen molar-refractivity contribution in [3.05, 3.63) is 48.0 Å². The highest BCUT2D eigenvalue weighted by atomic mass is 16.5. The highest BCUT2D eigenvalue weighted by Crippen LogP contribution is 2.31. The number of benzene rings is 2. The zero-order valence-electron chi connectivity index (χ0n) is 11.3. The summed E-state index contributed by atoms with van der Waals surface area (Å²) in [5.41, 5.74) is 2.57. The van der Waals surface area contributed by atoms with Crippen LogP contribution in [-0.2, 0) is 0 Å². The first-order chi connectivity index (χ1) is 9.80. The van der Waals surface area contributed by atoms with Gasteiger partial charge in [0, 0.05) is 0 Å². The average Bonchev–Trinajstić information content (AvgIpc) is 3.30. The molecule has 3 nitrogen and oxygen atoms in total. The summed E-state index contributed by atoms with van der Waals surface area (Å²) in [6.07, 6.45) is 3.48. The Labute approximate surface area is 118 Å². The van der Waals surface area contributed by atoms with Crippen molar-refractivity contribution >= 4 is 6.29 Å². The normalized spacial score (nSPS) is 13.8. The Bertz CT molecular complexity index is 630. The number of ether oxygens (including phenoxy) is 2. The molecule has 0 unspecified atom stereocenters. The summed E-state index contributed by atoms with van der Waals surface area (Å²) in [6.45, 7) is 0. The molecule has 102 valence electrons. The fourth-order valence-corrected chi connectivity index (χ4v) is 2.13. The largest absolute Gasteiger partial charge is 0.496 e.